The molecule has 1 N–H and O–H groups in total. The van der Waals surface area contributed by atoms with Gasteiger partial charge in [0.2, 0.25) is 0 Å². The molecule has 0 radical (unpaired) electrons. The molecular weight excluding hydrogens is 260 g/mol. The lowest BCUT2D eigenvalue weighted by atomic mass is 9.92. The molecule has 4 nitrogen and oxygen atoms in total. The molecule has 0 aromatic carbocycles. The number of fused-ring (bicyclic) bond motifs is 1. The van der Waals surface area contributed by atoms with E-state index >= 15 is 0 Å². The summed E-state index contributed by atoms with van der Waals surface area (Å²) < 4.78 is 0. The lowest BCUT2D eigenvalue weighted by molar-refractivity contribution is 0.0417. The molecule has 0 aromatic heterocycles. The highest BCUT2D eigenvalue weighted by Gasteiger charge is 2.48. The molecule has 3 aliphatic rings. The van der Waals surface area contributed by atoms with E-state index in [0.717, 1.165) is 32.1 Å². The van der Waals surface area contributed by atoms with Gasteiger partial charge in [0.15, 0.2) is 0 Å². The predicted molar refractivity (Wildman–Crippen MR) is 85.0 cm³/mol. The zero-order chi connectivity index (χ0) is 14.9. The van der Waals surface area contributed by atoms with E-state index < -0.39 is 0 Å². The van der Waals surface area contributed by atoms with Gasteiger partial charge in [0.25, 0.3) is 0 Å². The minimum absolute atomic E-state index is 0.301. The minimum atomic E-state index is -0.301. The van der Waals surface area contributed by atoms with Gasteiger partial charge in [-0.05, 0) is 58.0 Å². The Morgan fingerprint density at radius 2 is 2.10 bits per heavy atom. The van der Waals surface area contributed by atoms with Crippen LogP contribution >= 0.6 is 0 Å². The summed E-state index contributed by atoms with van der Waals surface area (Å²) in [6.45, 7) is 10.0. The number of hydrogen-bond donors (Lipinski definition) is 1. The van der Waals surface area contributed by atoms with Crippen LogP contribution in [0.4, 0.5) is 0 Å². The van der Waals surface area contributed by atoms with Gasteiger partial charge >= 0.3 is 0 Å². The van der Waals surface area contributed by atoms with E-state index in [2.05, 4.69) is 35.0 Å². The molecule has 21 heavy (non-hydrogen) atoms. The highest BCUT2D eigenvalue weighted by molar-refractivity contribution is 5.17. The summed E-state index contributed by atoms with van der Waals surface area (Å²) in [5.41, 5.74) is -0.301. The van der Waals surface area contributed by atoms with E-state index in [1.54, 1.807) is 0 Å². The highest BCUT2D eigenvalue weighted by atomic mass is 15.3. The maximum atomic E-state index is 9.87. The standard InChI is InChI=1S/C17H30N4/c1-3-8-19-17(12-18,15-6-7-15)13-21-11-16-5-4-9-20(16)10-14(21)2/h14-16,19H,3-11,13H2,1-2H3. The monoisotopic (exact) mass is 290 g/mol. The molecule has 3 atom stereocenters. The maximum Gasteiger partial charge on any atom is 0.122 e. The zero-order valence-electron chi connectivity index (χ0n) is 13.6. The van der Waals surface area contributed by atoms with Gasteiger partial charge in [0.05, 0.1) is 6.07 Å². The van der Waals surface area contributed by atoms with Gasteiger partial charge in [-0.3, -0.25) is 15.1 Å². The van der Waals surface area contributed by atoms with Crippen LogP contribution in [-0.4, -0.2) is 60.1 Å². The van der Waals surface area contributed by atoms with Crippen molar-refractivity contribution >= 4 is 0 Å². The SMILES string of the molecule is CCCNC(C#N)(CN1CC2CCCN2CC1C)C1CC1. The quantitative estimate of drug-likeness (QED) is 0.810. The molecule has 0 bridgehead atoms. The lowest BCUT2D eigenvalue weighted by Crippen LogP contribution is -2.62. The first-order chi connectivity index (χ1) is 10.2. The first-order valence-electron chi connectivity index (χ1n) is 8.83. The summed E-state index contributed by atoms with van der Waals surface area (Å²) in [5, 5.41) is 13.5. The van der Waals surface area contributed by atoms with Crippen LogP contribution in [0.1, 0.15) is 46.0 Å². The number of nitriles is 1. The Labute approximate surface area is 129 Å². The van der Waals surface area contributed by atoms with Gasteiger partial charge in [-0.1, -0.05) is 6.92 Å². The molecular formula is C17H30N4. The van der Waals surface area contributed by atoms with E-state index in [-0.39, 0.29) is 5.54 Å². The number of rotatable bonds is 6. The molecule has 4 heteroatoms. The first-order valence-corrected chi connectivity index (χ1v) is 8.83. The second kappa shape index (κ2) is 6.24. The average Bonchev–Trinajstić information content (AvgIpc) is 3.25. The molecule has 3 rings (SSSR count). The predicted octanol–water partition coefficient (Wildman–Crippen LogP) is 1.83. The Balaban J connectivity index is 1.68. The van der Waals surface area contributed by atoms with Gasteiger partial charge in [-0.25, -0.2) is 0 Å². The van der Waals surface area contributed by atoms with Crippen LogP contribution < -0.4 is 5.32 Å². The van der Waals surface area contributed by atoms with E-state index in [0.29, 0.717) is 12.0 Å². The molecule has 0 aromatic rings. The van der Waals surface area contributed by atoms with E-state index in [1.165, 1.54) is 38.8 Å². The van der Waals surface area contributed by atoms with Crippen molar-refractivity contribution in [1.29, 1.82) is 5.26 Å². The number of piperazine rings is 1. The lowest BCUT2D eigenvalue weighted by Gasteiger charge is -2.45. The van der Waals surface area contributed by atoms with Crippen molar-refractivity contribution in [3.05, 3.63) is 0 Å². The fraction of sp³-hybridized carbons (Fsp3) is 0.941. The van der Waals surface area contributed by atoms with Gasteiger partial charge in [-0.15, -0.1) is 0 Å². The molecule has 0 spiro atoms. The fourth-order valence-corrected chi connectivity index (χ4v) is 4.21. The second-order valence-electron chi connectivity index (χ2n) is 7.35. The van der Waals surface area contributed by atoms with Crippen LogP contribution in [0.3, 0.4) is 0 Å². The van der Waals surface area contributed by atoms with Crippen molar-refractivity contribution in [2.75, 3.05) is 32.7 Å². The van der Waals surface area contributed by atoms with Crippen LogP contribution in [0.15, 0.2) is 0 Å². The van der Waals surface area contributed by atoms with E-state index in [1.807, 2.05) is 0 Å². The molecule has 1 saturated carbocycles. The van der Waals surface area contributed by atoms with Crippen molar-refractivity contribution < 1.29 is 0 Å². The summed E-state index contributed by atoms with van der Waals surface area (Å²) in [7, 11) is 0. The Bertz CT molecular complexity index is 400. The molecule has 0 amide bonds. The zero-order valence-corrected chi connectivity index (χ0v) is 13.6. The molecule has 1 aliphatic carbocycles. The molecule has 2 heterocycles. The summed E-state index contributed by atoms with van der Waals surface area (Å²) in [6, 6.07) is 3.99. The largest absolute Gasteiger partial charge is 0.298 e. The van der Waals surface area contributed by atoms with Gasteiger partial charge in [0.1, 0.15) is 5.54 Å². The fourth-order valence-electron chi connectivity index (χ4n) is 4.21. The first kappa shape index (κ1) is 15.3. The molecule has 118 valence electrons. The summed E-state index contributed by atoms with van der Waals surface area (Å²) in [5.74, 6) is 0.572. The molecule has 2 saturated heterocycles. The Morgan fingerprint density at radius 3 is 2.76 bits per heavy atom. The third-order valence-corrected chi connectivity index (χ3v) is 5.68. The van der Waals surface area contributed by atoms with Crippen LogP contribution in [0.2, 0.25) is 0 Å². The van der Waals surface area contributed by atoms with Crippen molar-refractivity contribution in [2.24, 2.45) is 5.92 Å². The Morgan fingerprint density at radius 1 is 1.29 bits per heavy atom. The summed E-state index contributed by atoms with van der Waals surface area (Å²) >= 11 is 0. The number of nitrogens with one attached hydrogen (secondary N) is 1. The molecule has 3 fully saturated rings. The van der Waals surface area contributed by atoms with Crippen molar-refractivity contribution in [2.45, 2.75) is 63.6 Å². The third-order valence-electron chi connectivity index (χ3n) is 5.68. The van der Waals surface area contributed by atoms with Gasteiger partial charge in [0, 0.05) is 31.7 Å². The van der Waals surface area contributed by atoms with Crippen LogP contribution in [0, 0.1) is 17.2 Å². The van der Waals surface area contributed by atoms with E-state index in [9.17, 15) is 5.26 Å². The van der Waals surface area contributed by atoms with Gasteiger partial charge in [-0.2, -0.15) is 5.26 Å². The van der Waals surface area contributed by atoms with Crippen LogP contribution in [-0.2, 0) is 0 Å². The van der Waals surface area contributed by atoms with Crippen molar-refractivity contribution in [3.8, 4) is 6.07 Å². The molecule has 3 unspecified atom stereocenters. The third kappa shape index (κ3) is 3.11. The second-order valence-corrected chi connectivity index (χ2v) is 7.35. The highest BCUT2D eigenvalue weighted by Crippen LogP contribution is 2.40. The van der Waals surface area contributed by atoms with Gasteiger partial charge < -0.3 is 0 Å². The topological polar surface area (TPSA) is 42.3 Å². The van der Waals surface area contributed by atoms with Crippen molar-refractivity contribution in [3.63, 3.8) is 0 Å². The van der Waals surface area contributed by atoms with Crippen molar-refractivity contribution in [1.82, 2.24) is 15.1 Å². The number of hydrogen-bond acceptors (Lipinski definition) is 4. The summed E-state index contributed by atoms with van der Waals surface area (Å²) in [4.78, 5) is 5.25. The summed E-state index contributed by atoms with van der Waals surface area (Å²) in [6.07, 6.45) is 6.24. The molecule has 2 aliphatic heterocycles. The minimum Gasteiger partial charge on any atom is -0.298 e. The number of nitrogens with zero attached hydrogens (tertiary/aromatic N) is 3. The van der Waals surface area contributed by atoms with Crippen LogP contribution in [0.25, 0.3) is 0 Å². The van der Waals surface area contributed by atoms with Crippen LogP contribution in [0.5, 0.6) is 0 Å². The van der Waals surface area contributed by atoms with E-state index in [4.69, 9.17) is 0 Å². The average molecular weight is 290 g/mol. The smallest absolute Gasteiger partial charge is 0.122 e. The Hall–Kier alpha value is -0.630. The Kier molecular flexibility index (Phi) is 4.54. The maximum absolute atomic E-state index is 9.87. The normalized spacial score (nSPS) is 33.4.